The van der Waals surface area contributed by atoms with Crippen molar-refractivity contribution in [2.45, 2.75) is 19.4 Å². The molecule has 2 aromatic rings. The van der Waals surface area contributed by atoms with E-state index in [1.54, 1.807) is 12.1 Å². The molecule has 0 bridgehead atoms. The molecule has 20 heavy (non-hydrogen) atoms. The average Bonchev–Trinajstić information content (AvgIpc) is 2.43. The van der Waals surface area contributed by atoms with Crippen LogP contribution in [0.15, 0.2) is 45.3 Å². The summed E-state index contributed by atoms with van der Waals surface area (Å²) in [6, 6.07) is 11.1. The predicted molar refractivity (Wildman–Crippen MR) is 86.7 cm³/mol. The van der Waals surface area contributed by atoms with E-state index in [0.717, 1.165) is 15.6 Å². The lowest BCUT2D eigenvalue weighted by molar-refractivity contribution is 0.550. The summed E-state index contributed by atoms with van der Waals surface area (Å²) in [5, 5.41) is 0. The number of halogens is 3. The fourth-order valence-electron chi connectivity index (χ4n) is 2.00. The maximum absolute atomic E-state index is 13.2. The van der Waals surface area contributed by atoms with Crippen LogP contribution in [0.3, 0.4) is 0 Å². The fraction of sp³-hybridized carbons (Fsp3) is 0.200. The molecule has 2 nitrogen and oxygen atoms in total. The summed E-state index contributed by atoms with van der Waals surface area (Å²) < 4.78 is 14.8. The number of nitrogens with one attached hydrogen (secondary N) is 1. The Kier molecular flexibility index (Phi) is 5.32. The maximum Gasteiger partial charge on any atom is 0.137 e. The molecule has 0 fully saturated rings. The molecule has 0 spiro atoms. The molecule has 2 aromatic carbocycles. The van der Waals surface area contributed by atoms with Gasteiger partial charge in [0.2, 0.25) is 0 Å². The van der Waals surface area contributed by atoms with Crippen LogP contribution in [-0.2, 0) is 6.42 Å². The van der Waals surface area contributed by atoms with Crippen molar-refractivity contribution in [2.75, 3.05) is 0 Å². The highest BCUT2D eigenvalue weighted by Gasteiger charge is 2.12. The topological polar surface area (TPSA) is 38.0 Å². The Bertz CT molecular complexity index is 617. The van der Waals surface area contributed by atoms with E-state index in [-0.39, 0.29) is 11.9 Å². The summed E-state index contributed by atoms with van der Waals surface area (Å²) in [7, 11) is 0. The number of hydrogen-bond acceptors (Lipinski definition) is 2. The van der Waals surface area contributed by atoms with Gasteiger partial charge in [-0.3, -0.25) is 11.3 Å². The van der Waals surface area contributed by atoms with Crippen molar-refractivity contribution in [1.29, 1.82) is 0 Å². The third-order valence-electron chi connectivity index (χ3n) is 3.22. The molecule has 0 saturated carbocycles. The number of rotatable bonds is 4. The molecule has 1 atom stereocenters. The lowest BCUT2D eigenvalue weighted by atomic mass is 9.98. The minimum atomic E-state index is -0.260. The van der Waals surface area contributed by atoms with Crippen LogP contribution >= 0.6 is 31.9 Å². The molecule has 0 saturated heterocycles. The summed E-state index contributed by atoms with van der Waals surface area (Å²) in [5.74, 6) is 5.40. The molecule has 0 amide bonds. The Morgan fingerprint density at radius 1 is 1.15 bits per heavy atom. The van der Waals surface area contributed by atoms with E-state index in [4.69, 9.17) is 5.84 Å². The van der Waals surface area contributed by atoms with Crippen LogP contribution in [-0.4, -0.2) is 0 Å². The van der Waals surface area contributed by atoms with Gasteiger partial charge in [0.05, 0.1) is 10.5 Å². The van der Waals surface area contributed by atoms with Gasteiger partial charge in [0.15, 0.2) is 0 Å². The fourth-order valence-corrected chi connectivity index (χ4v) is 2.82. The minimum absolute atomic E-state index is 0.0238. The first-order valence-corrected chi connectivity index (χ1v) is 7.76. The molecule has 0 radical (unpaired) electrons. The van der Waals surface area contributed by atoms with Gasteiger partial charge in [-0.05, 0) is 64.2 Å². The summed E-state index contributed by atoms with van der Waals surface area (Å²) in [4.78, 5) is 0. The van der Waals surface area contributed by atoms with Crippen molar-refractivity contribution in [3.63, 3.8) is 0 Å². The van der Waals surface area contributed by atoms with Gasteiger partial charge in [0, 0.05) is 4.47 Å². The zero-order chi connectivity index (χ0) is 14.7. The Balaban J connectivity index is 2.23. The Labute approximate surface area is 134 Å². The second kappa shape index (κ2) is 6.80. The van der Waals surface area contributed by atoms with Crippen LogP contribution in [0, 0.1) is 12.7 Å². The van der Waals surface area contributed by atoms with Gasteiger partial charge in [-0.15, -0.1) is 0 Å². The van der Waals surface area contributed by atoms with Crippen LogP contribution in [0.25, 0.3) is 0 Å². The summed E-state index contributed by atoms with van der Waals surface area (Å²) >= 11 is 6.73. The van der Waals surface area contributed by atoms with Gasteiger partial charge in [0.25, 0.3) is 0 Å². The van der Waals surface area contributed by atoms with E-state index in [9.17, 15) is 4.39 Å². The van der Waals surface area contributed by atoms with E-state index in [1.807, 2.05) is 19.1 Å². The lowest BCUT2D eigenvalue weighted by Gasteiger charge is -2.17. The van der Waals surface area contributed by atoms with Gasteiger partial charge in [-0.2, -0.15) is 0 Å². The number of aryl methyl sites for hydroxylation is 1. The molecule has 5 heteroatoms. The van der Waals surface area contributed by atoms with Crippen LogP contribution in [0.2, 0.25) is 0 Å². The lowest BCUT2D eigenvalue weighted by Crippen LogP contribution is -2.29. The maximum atomic E-state index is 13.2. The van der Waals surface area contributed by atoms with Crippen LogP contribution in [0.1, 0.15) is 22.7 Å². The summed E-state index contributed by atoms with van der Waals surface area (Å²) in [6.07, 6.45) is 0.685. The molecule has 106 valence electrons. The first-order chi connectivity index (χ1) is 9.51. The summed E-state index contributed by atoms with van der Waals surface area (Å²) in [6.45, 7) is 2.04. The van der Waals surface area contributed by atoms with Gasteiger partial charge in [-0.25, -0.2) is 4.39 Å². The molecular weight excluding hydrogens is 387 g/mol. The van der Waals surface area contributed by atoms with Gasteiger partial charge in [-0.1, -0.05) is 34.1 Å². The number of hydrazine groups is 1. The highest BCUT2D eigenvalue weighted by molar-refractivity contribution is 9.10. The third-order valence-corrected chi connectivity index (χ3v) is 4.69. The molecule has 0 aliphatic rings. The van der Waals surface area contributed by atoms with Crippen molar-refractivity contribution in [1.82, 2.24) is 5.43 Å². The van der Waals surface area contributed by atoms with E-state index in [0.29, 0.717) is 10.9 Å². The molecular formula is C15H15Br2FN2. The minimum Gasteiger partial charge on any atom is -0.271 e. The zero-order valence-corrected chi connectivity index (χ0v) is 14.1. The van der Waals surface area contributed by atoms with E-state index >= 15 is 0 Å². The number of benzene rings is 2. The van der Waals surface area contributed by atoms with Crippen LogP contribution in [0.4, 0.5) is 4.39 Å². The summed E-state index contributed by atoms with van der Waals surface area (Å²) in [5.41, 5.74) is 6.09. The molecule has 0 aliphatic carbocycles. The third kappa shape index (κ3) is 3.67. The number of nitrogens with two attached hydrogens (primary N) is 1. The van der Waals surface area contributed by atoms with E-state index in [1.165, 1.54) is 11.6 Å². The van der Waals surface area contributed by atoms with Gasteiger partial charge >= 0.3 is 0 Å². The van der Waals surface area contributed by atoms with E-state index < -0.39 is 0 Å². The number of hydrogen-bond donors (Lipinski definition) is 2. The predicted octanol–water partition coefficient (Wildman–Crippen LogP) is 4.41. The highest BCUT2D eigenvalue weighted by Crippen LogP contribution is 2.25. The molecule has 0 aromatic heterocycles. The second-order valence-electron chi connectivity index (χ2n) is 4.68. The second-order valence-corrected chi connectivity index (χ2v) is 6.39. The van der Waals surface area contributed by atoms with Crippen LogP contribution < -0.4 is 11.3 Å². The Hall–Kier alpha value is -0.750. The van der Waals surface area contributed by atoms with Crippen LogP contribution in [0.5, 0.6) is 0 Å². The molecule has 2 rings (SSSR count). The first kappa shape index (κ1) is 15.6. The van der Waals surface area contributed by atoms with Crippen molar-refractivity contribution in [2.24, 2.45) is 5.84 Å². The first-order valence-electron chi connectivity index (χ1n) is 6.17. The van der Waals surface area contributed by atoms with Gasteiger partial charge in [0.1, 0.15) is 5.82 Å². The zero-order valence-electron chi connectivity index (χ0n) is 11.0. The quantitative estimate of drug-likeness (QED) is 0.588. The highest BCUT2D eigenvalue weighted by atomic mass is 79.9. The van der Waals surface area contributed by atoms with Crippen molar-refractivity contribution in [3.05, 3.63) is 67.9 Å². The van der Waals surface area contributed by atoms with Crippen molar-refractivity contribution >= 4 is 31.9 Å². The Morgan fingerprint density at radius 2 is 1.90 bits per heavy atom. The largest absolute Gasteiger partial charge is 0.271 e. The Morgan fingerprint density at radius 3 is 2.50 bits per heavy atom. The normalized spacial score (nSPS) is 12.4. The van der Waals surface area contributed by atoms with Crippen molar-refractivity contribution < 1.29 is 4.39 Å². The van der Waals surface area contributed by atoms with E-state index in [2.05, 4.69) is 43.4 Å². The monoisotopic (exact) mass is 400 g/mol. The molecule has 1 unspecified atom stereocenters. The standard InChI is InChI=1S/C15H15Br2FN2/c1-9-2-4-11(8-12(9)16)15(20-19)7-10-3-5-14(18)13(17)6-10/h2-6,8,15,20H,7,19H2,1H3. The average molecular weight is 402 g/mol. The SMILES string of the molecule is Cc1ccc(C(Cc2ccc(F)c(Br)c2)NN)cc1Br. The van der Waals surface area contributed by atoms with Crippen molar-refractivity contribution in [3.8, 4) is 0 Å². The molecule has 3 N–H and O–H groups in total. The molecule has 0 aliphatic heterocycles. The van der Waals surface area contributed by atoms with Gasteiger partial charge < -0.3 is 0 Å². The molecule has 0 heterocycles. The smallest absolute Gasteiger partial charge is 0.137 e.